The summed E-state index contributed by atoms with van der Waals surface area (Å²) >= 11 is 0. The van der Waals surface area contributed by atoms with E-state index in [0.717, 1.165) is 30.8 Å². The van der Waals surface area contributed by atoms with Gasteiger partial charge < -0.3 is 24.3 Å². The molecule has 27 heavy (non-hydrogen) atoms. The van der Waals surface area contributed by atoms with E-state index < -0.39 is 0 Å². The molecule has 2 aliphatic heterocycles. The molecule has 1 N–H and O–H groups in total. The average molecular weight is 369 g/mol. The van der Waals surface area contributed by atoms with Crippen molar-refractivity contribution in [1.82, 2.24) is 5.32 Å². The summed E-state index contributed by atoms with van der Waals surface area (Å²) in [6.07, 6.45) is 2.53. The lowest BCUT2D eigenvalue weighted by atomic mass is 9.97. The first-order valence-electron chi connectivity index (χ1n) is 9.22. The van der Waals surface area contributed by atoms with Crippen LogP contribution in [0.25, 0.3) is 0 Å². The van der Waals surface area contributed by atoms with Gasteiger partial charge in [0.1, 0.15) is 11.5 Å². The highest BCUT2D eigenvalue weighted by Gasteiger charge is 2.26. The van der Waals surface area contributed by atoms with E-state index in [1.165, 1.54) is 16.7 Å². The molecule has 0 bridgehead atoms. The summed E-state index contributed by atoms with van der Waals surface area (Å²) in [5.74, 6) is 2.96. The molecule has 6 heteroatoms. The van der Waals surface area contributed by atoms with Crippen LogP contribution in [0.1, 0.15) is 16.7 Å². The standard InChI is InChI=1S/C21H23NO5/c1-24-17-4-2-3-5-18(17)27-13-20(23)22-9-6-16-15-8-11-25-19(15)12-14-7-10-26-21(14)16/h2-5,12H,6-11,13H2,1H3,(H,22,23). The Balaban J connectivity index is 1.33. The molecule has 2 heterocycles. The lowest BCUT2D eigenvalue weighted by Gasteiger charge is -2.14. The van der Waals surface area contributed by atoms with Gasteiger partial charge in [0.05, 0.1) is 20.3 Å². The van der Waals surface area contributed by atoms with Gasteiger partial charge in [-0.1, -0.05) is 12.1 Å². The van der Waals surface area contributed by atoms with Gasteiger partial charge in [-0.15, -0.1) is 0 Å². The van der Waals surface area contributed by atoms with Crippen LogP contribution in [0.5, 0.6) is 23.0 Å². The Morgan fingerprint density at radius 3 is 2.81 bits per heavy atom. The summed E-state index contributed by atoms with van der Waals surface area (Å²) in [4.78, 5) is 12.1. The molecule has 2 aromatic carbocycles. The molecule has 2 aromatic rings. The van der Waals surface area contributed by atoms with Crippen LogP contribution < -0.4 is 24.3 Å². The first-order chi connectivity index (χ1) is 13.3. The first-order valence-corrected chi connectivity index (χ1v) is 9.22. The van der Waals surface area contributed by atoms with Crippen LogP contribution in [0, 0.1) is 0 Å². The number of para-hydroxylation sites is 2. The maximum Gasteiger partial charge on any atom is 0.257 e. The van der Waals surface area contributed by atoms with E-state index in [9.17, 15) is 4.79 Å². The number of carbonyl (C=O) groups is 1. The van der Waals surface area contributed by atoms with E-state index in [1.807, 2.05) is 12.1 Å². The second-order valence-electron chi connectivity index (χ2n) is 6.56. The molecule has 2 aliphatic rings. The Bertz CT molecular complexity index is 816. The number of fused-ring (bicyclic) bond motifs is 2. The Kier molecular flexibility index (Phi) is 5.05. The highest BCUT2D eigenvalue weighted by Crippen LogP contribution is 2.40. The molecule has 0 spiro atoms. The highest BCUT2D eigenvalue weighted by molar-refractivity contribution is 5.77. The third-order valence-corrected chi connectivity index (χ3v) is 4.89. The number of carbonyl (C=O) groups excluding carboxylic acids is 1. The zero-order valence-electron chi connectivity index (χ0n) is 15.4. The fourth-order valence-electron chi connectivity index (χ4n) is 3.61. The number of hydrogen-bond acceptors (Lipinski definition) is 5. The summed E-state index contributed by atoms with van der Waals surface area (Å²) in [6.45, 7) is 1.90. The van der Waals surface area contributed by atoms with Crippen molar-refractivity contribution < 1.29 is 23.7 Å². The van der Waals surface area contributed by atoms with Crippen LogP contribution in [0.4, 0.5) is 0 Å². The van der Waals surface area contributed by atoms with Crippen molar-refractivity contribution in [3.05, 3.63) is 47.0 Å². The number of ether oxygens (including phenoxy) is 4. The lowest BCUT2D eigenvalue weighted by molar-refractivity contribution is -0.123. The highest BCUT2D eigenvalue weighted by atomic mass is 16.5. The molecule has 4 rings (SSSR count). The summed E-state index contributed by atoms with van der Waals surface area (Å²) < 4.78 is 22.3. The van der Waals surface area contributed by atoms with E-state index in [2.05, 4.69) is 11.4 Å². The number of rotatable bonds is 7. The third kappa shape index (κ3) is 3.65. The van der Waals surface area contributed by atoms with Crippen LogP contribution in [0.2, 0.25) is 0 Å². The Morgan fingerprint density at radius 2 is 1.96 bits per heavy atom. The molecule has 0 saturated heterocycles. The van der Waals surface area contributed by atoms with E-state index in [0.29, 0.717) is 31.3 Å². The number of hydrogen-bond donors (Lipinski definition) is 1. The van der Waals surface area contributed by atoms with Crippen LogP contribution in [0.15, 0.2) is 30.3 Å². The molecule has 6 nitrogen and oxygen atoms in total. The van der Waals surface area contributed by atoms with Crippen molar-refractivity contribution >= 4 is 5.91 Å². The molecule has 0 radical (unpaired) electrons. The van der Waals surface area contributed by atoms with Gasteiger partial charge in [-0.25, -0.2) is 0 Å². The fourth-order valence-corrected chi connectivity index (χ4v) is 3.61. The topological polar surface area (TPSA) is 66.0 Å². The van der Waals surface area contributed by atoms with Gasteiger partial charge in [0.2, 0.25) is 0 Å². The zero-order chi connectivity index (χ0) is 18.6. The Hall–Kier alpha value is -2.89. The van der Waals surface area contributed by atoms with Crippen molar-refractivity contribution in [3.63, 3.8) is 0 Å². The van der Waals surface area contributed by atoms with Crippen molar-refractivity contribution in [3.8, 4) is 23.0 Å². The Labute approximate surface area is 158 Å². The van der Waals surface area contributed by atoms with Gasteiger partial charge in [0.15, 0.2) is 18.1 Å². The maximum absolute atomic E-state index is 12.1. The van der Waals surface area contributed by atoms with E-state index in [1.54, 1.807) is 19.2 Å². The molecule has 0 aromatic heterocycles. The SMILES string of the molecule is COc1ccccc1OCC(=O)NCCc1c2c(cc3c1OCC3)OCC2. The van der Waals surface area contributed by atoms with Gasteiger partial charge >= 0.3 is 0 Å². The minimum atomic E-state index is -0.165. The molecule has 1 amide bonds. The molecule has 142 valence electrons. The number of benzene rings is 2. The fraction of sp³-hybridized carbons (Fsp3) is 0.381. The average Bonchev–Trinajstić information content (AvgIpc) is 3.35. The van der Waals surface area contributed by atoms with Gasteiger partial charge in [-0.2, -0.15) is 0 Å². The zero-order valence-corrected chi connectivity index (χ0v) is 15.4. The molecular weight excluding hydrogens is 346 g/mol. The van der Waals surface area contributed by atoms with Gasteiger partial charge in [0.25, 0.3) is 5.91 Å². The third-order valence-electron chi connectivity index (χ3n) is 4.89. The summed E-state index contributed by atoms with van der Waals surface area (Å²) in [7, 11) is 1.57. The van der Waals surface area contributed by atoms with E-state index in [-0.39, 0.29) is 12.5 Å². The van der Waals surface area contributed by atoms with Crippen molar-refractivity contribution in [1.29, 1.82) is 0 Å². The van der Waals surface area contributed by atoms with Crippen molar-refractivity contribution in [2.24, 2.45) is 0 Å². The molecule has 0 atom stereocenters. The number of amides is 1. The molecule has 0 fully saturated rings. The predicted molar refractivity (Wildman–Crippen MR) is 100 cm³/mol. The van der Waals surface area contributed by atoms with Crippen LogP contribution >= 0.6 is 0 Å². The minimum absolute atomic E-state index is 0.0506. The molecular formula is C21H23NO5. The monoisotopic (exact) mass is 369 g/mol. The molecule has 0 unspecified atom stereocenters. The van der Waals surface area contributed by atoms with Crippen LogP contribution in [-0.4, -0.2) is 39.4 Å². The number of methoxy groups -OCH3 is 1. The maximum atomic E-state index is 12.1. The molecule has 0 aliphatic carbocycles. The predicted octanol–water partition coefficient (Wildman–Crippen LogP) is 2.30. The van der Waals surface area contributed by atoms with Crippen LogP contribution in [0.3, 0.4) is 0 Å². The summed E-state index contributed by atoms with van der Waals surface area (Å²) in [6, 6.07) is 9.38. The normalized spacial score (nSPS) is 14.0. The second kappa shape index (κ2) is 7.78. The molecule has 0 saturated carbocycles. The minimum Gasteiger partial charge on any atom is -0.493 e. The van der Waals surface area contributed by atoms with Gasteiger partial charge in [-0.05, 0) is 24.6 Å². The van der Waals surface area contributed by atoms with Crippen LogP contribution in [-0.2, 0) is 24.1 Å². The number of nitrogens with one attached hydrogen (secondary N) is 1. The second-order valence-corrected chi connectivity index (χ2v) is 6.56. The van der Waals surface area contributed by atoms with Gasteiger partial charge in [0, 0.05) is 36.1 Å². The summed E-state index contributed by atoms with van der Waals surface area (Å²) in [5.41, 5.74) is 3.59. The van der Waals surface area contributed by atoms with Gasteiger partial charge in [-0.3, -0.25) is 4.79 Å². The first kappa shape index (κ1) is 17.5. The van der Waals surface area contributed by atoms with Crippen molar-refractivity contribution in [2.75, 3.05) is 33.5 Å². The Morgan fingerprint density at radius 1 is 1.15 bits per heavy atom. The van der Waals surface area contributed by atoms with Crippen molar-refractivity contribution in [2.45, 2.75) is 19.3 Å². The quantitative estimate of drug-likeness (QED) is 0.811. The lowest BCUT2D eigenvalue weighted by Crippen LogP contribution is -2.30. The van der Waals surface area contributed by atoms with E-state index in [4.69, 9.17) is 18.9 Å². The smallest absolute Gasteiger partial charge is 0.257 e. The summed E-state index contributed by atoms with van der Waals surface area (Å²) in [5, 5.41) is 2.92. The largest absolute Gasteiger partial charge is 0.493 e. The van der Waals surface area contributed by atoms with E-state index >= 15 is 0 Å².